The van der Waals surface area contributed by atoms with Crippen LogP contribution < -0.4 is 0 Å². The first kappa shape index (κ1) is 49.1. The van der Waals surface area contributed by atoms with E-state index in [9.17, 15) is 18.8 Å². The highest BCUT2D eigenvalue weighted by Gasteiger charge is 2.35. The van der Waals surface area contributed by atoms with Gasteiger partial charge in [0.1, 0.15) is 6.10 Å². The van der Waals surface area contributed by atoms with E-state index in [4.69, 9.17) is 37.0 Å². The third-order valence-corrected chi connectivity index (χ3v) is 13.2. The molecule has 2 heterocycles. The highest BCUT2D eigenvalue weighted by atomic mass is 31.2. The number of benzene rings is 3. The van der Waals surface area contributed by atoms with Crippen molar-refractivity contribution in [1.29, 1.82) is 0 Å². The van der Waals surface area contributed by atoms with Crippen LogP contribution in [0.2, 0.25) is 0 Å². The molecule has 3 aromatic rings. The van der Waals surface area contributed by atoms with E-state index in [1.807, 2.05) is 78.9 Å². The van der Waals surface area contributed by atoms with Gasteiger partial charge in [-0.3, -0.25) is 13.7 Å². The monoisotopic (exact) mass is 832 g/mol. The molecule has 17 heteroatoms. The third-order valence-electron chi connectivity index (χ3n) is 7.92. The molecule has 0 aromatic heterocycles. The van der Waals surface area contributed by atoms with Crippen molar-refractivity contribution in [3.8, 4) is 0 Å². The lowest BCUT2D eigenvalue weighted by Gasteiger charge is -2.16. The van der Waals surface area contributed by atoms with Crippen molar-refractivity contribution < 1.29 is 64.9 Å². The van der Waals surface area contributed by atoms with Gasteiger partial charge in [-0.05, 0) is 29.5 Å². The van der Waals surface area contributed by atoms with Crippen molar-refractivity contribution >= 4 is 22.8 Å². The van der Waals surface area contributed by atoms with Gasteiger partial charge in [0.2, 0.25) is 0 Å². The largest absolute Gasteiger partial charge is 0.391 e. The number of rotatable bonds is 20. The molecule has 2 aliphatic rings. The second-order valence-electron chi connectivity index (χ2n) is 12.3. The Morgan fingerprint density at radius 3 is 1.51 bits per heavy atom. The zero-order chi connectivity index (χ0) is 40.4. The molecule has 4 atom stereocenters. The Balaban J connectivity index is 0.000000267. The second-order valence-corrected chi connectivity index (χ2v) is 19.2. The first-order chi connectivity index (χ1) is 26.4. The number of epoxide rings is 1. The molecule has 0 aliphatic carbocycles. The molecule has 4 unspecified atom stereocenters. The highest BCUT2D eigenvalue weighted by molar-refractivity contribution is 7.54. The molecule has 0 amide bonds. The van der Waals surface area contributed by atoms with Crippen molar-refractivity contribution in [2.75, 3.05) is 81.0 Å². The molecule has 14 nitrogen and oxygen atoms in total. The molecule has 2 saturated heterocycles. The van der Waals surface area contributed by atoms with Gasteiger partial charge in [0, 0.05) is 42.2 Å². The topological polar surface area (TPSA) is 167 Å². The molecule has 0 bridgehead atoms. The Kier molecular flexibility index (Phi) is 24.6. The van der Waals surface area contributed by atoms with Crippen LogP contribution in [0.15, 0.2) is 91.0 Å². The van der Waals surface area contributed by atoms with E-state index in [2.05, 4.69) is 21.2 Å². The van der Waals surface area contributed by atoms with Gasteiger partial charge >= 0.3 is 22.8 Å². The summed E-state index contributed by atoms with van der Waals surface area (Å²) in [5, 5.41) is 9.72. The fraction of sp³-hybridized carbons (Fsp3) is 0.526. The second kappa shape index (κ2) is 27.5. The summed E-state index contributed by atoms with van der Waals surface area (Å²) in [6, 6.07) is 29.8. The molecule has 0 saturated carbocycles. The normalized spacial score (nSPS) is 19.5. The zero-order valence-electron chi connectivity index (χ0n) is 32.8. The quantitative estimate of drug-likeness (QED) is 0.0860. The average Bonchev–Trinajstić information content (AvgIpc) is 3.97. The van der Waals surface area contributed by atoms with Crippen LogP contribution in [0.1, 0.15) is 29.5 Å². The minimum absolute atomic E-state index is 0.107. The van der Waals surface area contributed by atoms with Gasteiger partial charge in [0.05, 0.1) is 70.8 Å². The summed E-state index contributed by atoms with van der Waals surface area (Å²) in [7, 11) is -1.70. The van der Waals surface area contributed by atoms with Gasteiger partial charge in [-0.2, -0.15) is 0 Å². The Morgan fingerprint density at radius 1 is 0.709 bits per heavy atom. The first-order valence-corrected chi connectivity index (χ1v) is 23.2. The molecular weight excluding hydrogens is 773 g/mol. The number of hydrogen-bond donors (Lipinski definition) is 1. The van der Waals surface area contributed by atoms with Crippen LogP contribution in [0.3, 0.4) is 0 Å². The van der Waals surface area contributed by atoms with Crippen molar-refractivity contribution in [3.63, 3.8) is 0 Å². The number of ether oxygens (including phenoxy) is 4. The maximum atomic E-state index is 11.8. The van der Waals surface area contributed by atoms with Crippen molar-refractivity contribution in [3.05, 3.63) is 108 Å². The smallest absolute Gasteiger partial charge is 0.330 e. The van der Waals surface area contributed by atoms with Crippen LogP contribution in [-0.2, 0) is 79.6 Å². The van der Waals surface area contributed by atoms with E-state index >= 15 is 0 Å². The van der Waals surface area contributed by atoms with E-state index < -0.39 is 28.9 Å². The summed E-state index contributed by atoms with van der Waals surface area (Å²) in [6.45, 7) is 5.37. The number of aliphatic hydroxyl groups is 1. The summed E-state index contributed by atoms with van der Waals surface area (Å²) in [4.78, 5) is 0. The summed E-state index contributed by atoms with van der Waals surface area (Å²) in [5.41, 5.74) is 3.40. The summed E-state index contributed by atoms with van der Waals surface area (Å²) < 4.78 is 84.0. The molecule has 1 N–H and O–H groups in total. The van der Waals surface area contributed by atoms with Gasteiger partial charge in [-0.25, -0.2) is 0 Å². The molecule has 2 aliphatic heterocycles. The summed E-state index contributed by atoms with van der Waals surface area (Å²) in [6.07, 6.45) is 1.30. The van der Waals surface area contributed by atoms with Crippen LogP contribution >= 0.6 is 22.8 Å². The third kappa shape index (κ3) is 23.0. The Hall–Kier alpha value is -2.09. The Bertz CT molecular complexity index is 1530. The van der Waals surface area contributed by atoms with Gasteiger partial charge in [0.25, 0.3) is 0 Å². The number of hydrogen-bond acceptors (Lipinski definition) is 14. The standard InChI is InChI=1S/C13H21O5P.C12H17O4P.C10H12O2.C3H9O3P/c1-16-19(15,17-2)9-8-13(14)11-18-10-12-6-4-3-5-7-12;1-14-17(13)8-7-12(16-17)10-15-9-11-5-3-2-4-6-11;1-2-4-9(5-3-1)6-11-7-10-8-12-10;1-5-7(3,4)6-2/h3-7,13-14H,8-11H2,1-2H3;2-6,12H,7-10H2,1H3;1-5,10H,6-8H2;1-3H3. The molecule has 0 spiro atoms. The highest BCUT2D eigenvalue weighted by Crippen LogP contribution is 2.54. The molecule has 310 valence electrons. The molecule has 2 fully saturated rings. The predicted molar refractivity (Wildman–Crippen MR) is 212 cm³/mol. The van der Waals surface area contributed by atoms with E-state index in [1.54, 1.807) is 0 Å². The van der Waals surface area contributed by atoms with Gasteiger partial charge in [0.15, 0.2) is 0 Å². The predicted octanol–water partition coefficient (Wildman–Crippen LogP) is 7.98. The van der Waals surface area contributed by atoms with Crippen LogP contribution in [0.5, 0.6) is 0 Å². The molecule has 5 rings (SSSR count). The first-order valence-electron chi connectivity index (χ1n) is 17.8. The summed E-state index contributed by atoms with van der Waals surface area (Å²) in [5.74, 6) is 0. The lowest BCUT2D eigenvalue weighted by molar-refractivity contribution is 0.0266. The number of aliphatic hydroxyl groups excluding tert-OH is 1. The van der Waals surface area contributed by atoms with E-state index in [0.29, 0.717) is 45.1 Å². The van der Waals surface area contributed by atoms with Crippen molar-refractivity contribution in [1.82, 2.24) is 0 Å². The Morgan fingerprint density at radius 2 is 1.15 bits per heavy atom. The van der Waals surface area contributed by atoms with Crippen molar-refractivity contribution in [2.24, 2.45) is 0 Å². The van der Waals surface area contributed by atoms with E-state index in [1.165, 1.54) is 47.8 Å². The van der Waals surface area contributed by atoms with Crippen molar-refractivity contribution in [2.45, 2.75) is 51.0 Å². The van der Waals surface area contributed by atoms with Crippen LogP contribution in [0.4, 0.5) is 0 Å². The zero-order valence-corrected chi connectivity index (χ0v) is 35.4. The minimum Gasteiger partial charge on any atom is -0.391 e. The SMILES string of the molecule is COP(=O)(CCC(O)COCc1ccccc1)OC.COP(C)(=O)OC.COP1(=O)CCC(COCc2ccccc2)O1.c1ccc(COCC2CO2)cc1. The van der Waals surface area contributed by atoms with Gasteiger partial charge in [-0.15, -0.1) is 0 Å². The molecule has 3 aromatic carbocycles. The molecular formula is C38H59O14P3. The fourth-order valence-corrected chi connectivity index (χ4v) is 7.30. The minimum atomic E-state index is -3.04. The fourth-order valence-electron chi connectivity index (χ4n) is 4.42. The molecule has 0 radical (unpaired) electrons. The average molecular weight is 833 g/mol. The lowest BCUT2D eigenvalue weighted by Crippen LogP contribution is -2.17. The molecule has 55 heavy (non-hydrogen) atoms. The maximum absolute atomic E-state index is 11.8. The maximum Gasteiger partial charge on any atom is 0.330 e. The van der Waals surface area contributed by atoms with Gasteiger partial charge in [-0.1, -0.05) is 91.0 Å². The van der Waals surface area contributed by atoms with Gasteiger partial charge < -0.3 is 51.2 Å². The van der Waals surface area contributed by atoms with Crippen LogP contribution in [0.25, 0.3) is 0 Å². The van der Waals surface area contributed by atoms with Crippen LogP contribution in [0, 0.1) is 0 Å². The van der Waals surface area contributed by atoms with E-state index in [0.717, 1.165) is 30.8 Å². The van der Waals surface area contributed by atoms with Crippen LogP contribution in [-0.4, -0.2) is 104 Å². The Labute approximate surface area is 326 Å². The summed E-state index contributed by atoms with van der Waals surface area (Å²) >= 11 is 0. The lowest BCUT2D eigenvalue weighted by atomic mass is 10.2. The van der Waals surface area contributed by atoms with E-state index in [-0.39, 0.29) is 18.9 Å².